The number of amides is 3. The van der Waals surface area contributed by atoms with Crippen LogP contribution in [0.5, 0.6) is 0 Å². The number of aliphatic hydroxyl groups is 2. The van der Waals surface area contributed by atoms with Crippen LogP contribution in [0.25, 0.3) is 0 Å². The monoisotopic (exact) mass is 479 g/mol. The van der Waals surface area contributed by atoms with E-state index in [9.17, 15) is 33.9 Å². The van der Waals surface area contributed by atoms with Crippen LogP contribution in [0.1, 0.15) is 38.5 Å². The number of carbonyl (C=O) groups is 6. The standard InChI is InChI=1S/C18H29N3O10S/c19-10(17(28)29)5-6-13(25)20-11(9-32)16(27)21(14(26)4-2-8-23)15(18(30)31)12(24)3-1-7-22/h10-11,15,22-23,32H,1-9,19H2,(H,20,25)(H,28,29)(H,30,31). The highest BCUT2D eigenvalue weighted by Crippen LogP contribution is 2.13. The minimum atomic E-state index is -2.19. The van der Waals surface area contributed by atoms with Gasteiger partial charge in [-0.15, -0.1) is 0 Å². The van der Waals surface area contributed by atoms with Crippen molar-refractivity contribution < 1.29 is 49.2 Å². The van der Waals surface area contributed by atoms with Gasteiger partial charge in [0.1, 0.15) is 12.1 Å². The highest BCUT2D eigenvalue weighted by Gasteiger charge is 2.41. The predicted molar refractivity (Wildman–Crippen MR) is 112 cm³/mol. The number of carbonyl (C=O) groups excluding carboxylic acids is 4. The van der Waals surface area contributed by atoms with E-state index in [1.54, 1.807) is 0 Å². The molecule has 3 amide bonds. The topological polar surface area (TPSA) is 225 Å². The summed E-state index contributed by atoms with van der Waals surface area (Å²) in [6.45, 7) is -0.848. The molecule has 13 nitrogen and oxygen atoms in total. The first-order chi connectivity index (χ1) is 15.0. The Balaban J connectivity index is 5.72. The third kappa shape index (κ3) is 9.72. The number of thiol groups is 1. The summed E-state index contributed by atoms with van der Waals surface area (Å²) in [6, 6.07) is -5.01. The number of nitrogens with two attached hydrogens (primary N) is 1. The summed E-state index contributed by atoms with van der Waals surface area (Å²) in [5.41, 5.74) is 5.31. The van der Waals surface area contributed by atoms with Gasteiger partial charge in [-0.05, 0) is 19.3 Å². The molecule has 32 heavy (non-hydrogen) atoms. The van der Waals surface area contributed by atoms with Crippen LogP contribution < -0.4 is 11.1 Å². The molecule has 0 aromatic rings. The van der Waals surface area contributed by atoms with Gasteiger partial charge in [-0.3, -0.25) is 28.9 Å². The molecular weight excluding hydrogens is 450 g/mol. The minimum Gasteiger partial charge on any atom is -0.480 e. The Hall–Kier alpha value is -2.55. The minimum absolute atomic E-state index is 0.0912. The van der Waals surface area contributed by atoms with Crippen LogP contribution >= 0.6 is 12.6 Å². The third-order valence-electron chi connectivity index (χ3n) is 4.25. The maximum absolute atomic E-state index is 13.0. The molecule has 3 unspecified atom stereocenters. The van der Waals surface area contributed by atoms with E-state index in [0.29, 0.717) is 0 Å². The zero-order valence-corrected chi connectivity index (χ0v) is 18.2. The summed E-state index contributed by atoms with van der Waals surface area (Å²) in [5, 5.41) is 38.3. The number of hydrogen-bond donors (Lipinski definition) is 7. The number of aliphatic hydroxyl groups excluding tert-OH is 2. The molecule has 3 atom stereocenters. The van der Waals surface area contributed by atoms with Gasteiger partial charge < -0.3 is 31.5 Å². The van der Waals surface area contributed by atoms with E-state index in [2.05, 4.69) is 17.9 Å². The maximum atomic E-state index is 13.0. The number of imide groups is 1. The van der Waals surface area contributed by atoms with Crippen LogP contribution in [-0.4, -0.2) is 97.9 Å². The second-order valence-electron chi connectivity index (χ2n) is 6.75. The summed E-state index contributed by atoms with van der Waals surface area (Å²) in [7, 11) is 0. The Kier molecular flexibility index (Phi) is 14.1. The molecule has 0 aromatic heterocycles. The highest BCUT2D eigenvalue weighted by molar-refractivity contribution is 7.80. The normalized spacial score (nSPS) is 13.5. The number of ketones is 1. The van der Waals surface area contributed by atoms with Crippen molar-refractivity contribution in [3.8, 4) is 0 Å². The predicted octanol–water partition coefficient (Wildman–Crippen LogP) is -2.48. The number of rotatable bonds is 16. The van der Waals surface area contributed by atoms with Gasteiger partial charge >= 0.3 is 11.9 Å². The van der Waals surface area contributed by atoms with Crippen molar-refractivity contribution in [2.75, 3.05) is 19.0 Å². The summed E-state index contributed by atoms with van der Waals surface area (Å²) >= 11 is 3.94. The molecule has 0 aliphatic carbocycles. The highest BCUT2D eigenvalue weighted by atomic mass is 32.1. The molecule has 182 valence electrons. The molecule has 0 radical (unpaired) electrons. The molecule has 7 N–H and O–H groups in total. The molecule has 0 bridgehead atoms. The SMILES string of the molecule is NC(CCC(=O)NC(CS)C(=O)N(C(=O)CCCO)C(C(=O)O)C(=O)CCCO)C(=O)O. The van der Waals surface area contributed by atoms with Crippen LogP contribution in [-0.2, 0) is 28.8 Å². The van der Waals surface area contributed by atoms with Gasteiger partial charge in [0.25, 0.3) is 5.91 Å². The lowest BCUT2D eigenvalue weighted by atomic mass is 10.0. The Bertz CT molecular complexity index is 702. The summed E-state index contributed by atoms with van der Waals surface area (Å²) in [6.07, 6.45) is -1.68. The smallest absolute Gasteiger partial charge is 0.334 e. The van der Waals surface area contributed by atoms with Crippen molar-refractivity contribution in [2.24, 2.45) is 5.73 Å². The molecular formula is C18H29N3O10S. The van der Waals surface area contributed by atoms with Crippen LogP contribution in [0.2, 0.25) is 0 Å². The van der Waals surface area contributed by atoms with Crippen molar-refractivity contribution in [2.45, 2.75) is 56.7 Å². The molecule has 0 spiro atoms. The Labute approximate surface area is 189 Å². The number of hydrogen-bond acceptors (Lipinski definition) is 10. The number of carboxylic acid groups (broad SMARTS) is 2. The lowest BCUT2D eigenvalue weighted by Gasteiger charge is -2.30. The number of nitrogens with zero attached hydrogens (tertiary/aromatic N) is 1. The van der Waals surface area contributed by atoms with Crippen molar-refractivity contribution in [1.82, 2.24) is 10.2 Å². The van der Waals surface area contributed by atoms with Crippen LogP contribution in [0.4, 0.5) is 0 Å². The first kappa shape index (κ1) is 29.5. The summed E-state index contributed by atoms with van der Waals surface area (Å²) in [4.78, 5) is 72.7. The Morgan fingerprint density at radius 2 is 1.47 bits per heavy atom. The number of Topliss-reactive ketones (excluding diaryl/α,β-unsaturated/α-hetero) is 1. The Morgan fingerprint density at radius 3 is 1.94 bits per heavy atom. The van der Waals surface area contributed by atoms with Gasteiger partial charge in [-0.1, -0.05) is 0 Å². The summed E-state index contributed by atoms with van der Waals surface area (Å²) in [5.74, 6) is -7.53. The third-order valence-corrected chi connectivity index (χ3v) is 4.61. The lowest BCUT2D eigenvalue weighted by molar-refractivity contribution is -0.162. The molecule has 0 saturated carbocycles. The zero-order valence-electron chi connectivity index (χ0n) is 17.3. The van der Waals surface area contributed by atoms with E-state index in [-0.39, 0.29) is 36.3 Å². The van der Waals surface area contributed by atoms with Gasteiger partial charge in [0.2, 0.25) is 11.8 Å². The first-order valence-corrected chi connectivity index (χ1v) is 10.4. The van der Waals surface area contributed by atoms with E-state index < -0.39 is 79.6 Å². The largest absolute Gasteiger partial charge is 0.480 e. The van der Waals surface area contributed by atoms with Crippen molar-refractivity contribution in [1.29, 1.82) is 0 Å². The van der Waals surface area contributed by atoms with E-state index in [1.807, 2.05) is 0 Å². The van der Waals surface area contributed by atoms with Crippen LogP contribution in [0.15, 0.2) is 0 Å². The van der Waals surface area contributed by atoms with Gasteiger partial charge in [-0.25, -0.2) is 4.79 Å². The summed E-state index contributed by atoms with van der Waals surface area (Å²) < 4.78 is 0. The van der Waals surface area contributed by atoms with Crippen LogP contribution in [0.3, 0.4) is 0 Å². The first-order valence-electron chi connectivity index (χ1n) is 9.73. The van der Waals surface area contributed by atoms with E-state index in [1.165, 1.54) is 0 Å². The number of carboxylic acids is 2. The van der Waals surface area contributed by atoms with Crippen molar-refractivity contribution in [3.05, 3.63) is 0 Å². The van der Waals surface area contributed by atoms with Crippen LogP contribution in [0, 0.1) is 0 Å². The second-order valence-corrected chi connectivity index (χ2v) is 7.11. The van der Waals surface area contributed by atoms with Gasteiger partial charge in [0.05, 0.1) is 0 Å². The van der Waals surface area contributed by atoms with Crippen molar-refractivity contribution >= 4 is 48.1 Å². The molecule has 0 saturated heterocycles. The molecule has 14 heteroatoms. The Morgan fingerprint density at radius 1 is 0.906 bits per heavy atom. The molecule has 0 heterocycles. The van der Waals surface area contributed by atoms with Gasteiger partial charge in [-0.2, -0.15) is 12.6 Å². The number of aliphatic carboxylic acids is 2. The molecule has 0 rings (SSSR count). The number of nitrogens with one attached hydrogen (secondary N) is 1. The van der Waals surface area contributed by atoms with E-state index >= 15 is 0 Å². The van der Waals surface area contributed by atoms with E-state index in [0.717, 1.165) is 0 Å². The fraction of sp³-hybridized carbons (Fsp3) is 0.667. The fourth-order valence-electron chi connectivity index (χ4n) is 2.56. The van der Waals surface area contributed by atoms with Gasteiger partial charge in [0, 0.05) is 38.2 Å². The quantitative estimate of drug-likeness (QED) is 0.0905. The van der Waals surface area contributed by atoms with Gasteiger partial charge in [0.15, 0.2) is 11.8 Å². The second kappa shape index (κ2) is 15.3. The zero-order chi connectivity index (χ0) is 24.8. The molecule has 0 aliphatic heterocycles. The van der Waals surface area contributed by atoms with E-state index in [4.69, 9.17) is 21.1 Å². The average Bonchev–Trinajstić information content (AvgIpc) is 2.74. The lowest BCUT2D eigenvalue weighted by Crippen LogP contribution is -2.59. The maximum Gasteiger partial charge on any atom is 0.334 e. The van der Waals surface area contributed by atoms with Crippen molar-refractivity contribution in [3.63, 3.8) is 0 Å². The fourth-order valence-corrected chi connectivity index (χ4v) is 2.80. The molecule has 0 aliphatic rings. The average molecular weight is 480 g/mol. The molecule has 0 aromatic carbocycles. The molecule has 0 fully saturated rings.